The monoisotopic (exact) mass is 136 g/mol. The molecule has 0 heterocycles. The summed E-state index contributed by atoms with van der Waals surface area (Å²) in [6.45, 7) is 0. The standard InChI is InChI=1S/C4H5ClO3/c5-8-4(7)2-1-3-6/h3H,1-2H2. The van der Waals surface area contributed by atoms with E-state index in [1.165, 1.54) is 0 Å². The van der Waals surface area contributed by atoms with Crippen LogP contribution in [0, 0.1) is 0 Å². The SMILES string of the molecule is O=CCCC(=O)OCl. The average molecular weight is 137 g/mol. The van der Waals surface area contributed by atoms with Gasteiger partial charge in [-0.3, -0.25) is 4.79 Å². The van der Waals surface area contributed by atoms with Crippen LogP contribution in [0.5, 0.6) is 0 Å². The number of carbonyl (C=O) groups excluding carboxylic acids is 2. The molecule has 8 heavy (non-hydrogen) atoms. The summed E-state index contributed by atoms with van der Waals surface area (Å²) in [5, 5.41) is 0. The minimum absolute atomic E-state index is 0.0625. The summed E-state index contributed by atoms with van der Waals surface area (Å²) in [5.74, 6) is -0.571. The Kier molecular flexibility index (Phi) is 4.26. The zero-order valence-corrected chi connectivity index (χ0v) is 4.85. The summed E-state index contributed by atoms with van der Waals surface area (Å²) in [6, 6.07) is 0. The smallest absolute Gasteiger partial charge is 0.325 e. The molecular formula is C4H5ClO3. The van der Waals surface area contributed by atoms with Crippen LogP contribution in [-0.2, 0) is 13.9 Å². The number of hydrogen-bond acceptors (Lipinski definition) is 3. The second-order valence-electron chi connectivity index (χ2n) is 1.15. The van der Waals surface area contributed by atoms with Gasteiger partial charge in [0.2, 0.25) is 0 Å². The van der Waals surface area contributed by atoms with Crippen molar-refractivity contribution in [2.75, 3.05) is 0 Å². The number of halogens is 1. The Balaban J connectivity index is 3.11. The van der Waals surface area contributed by atoms with Crippen molar-refractivity contribution in [1.29, 1.82) is 0 Å². The Hall–Kier alpha value is -0.570. The molecule has 0 aliphatic heterocycles. The zero-order chi connectivity index (χ0) is 6.41. The van der Waals surface area contributed by atoms with Gasteiger partial charge in [0.1, 0.15) is 18.2 Å². The summed E-state index contributed by atoms with van der Waals surface area (Å²) < 4.78 is 3.73. The molecule has 0 atom stereocenters. The summed E-state index contributed by atoms with van der Waals surface area (Å²) in [4.78, 5) is 19.6. The van der Waals surface area contributed by atoms with Gasteiger partial charge in [-0.25, -0.2) is 0 Å². The number of carbonyl (C=O) groups is 2. The Morgan fingerprint density at radius 1 is 1.75 bits per heavy atom. The number of hydrogen-bond donors (Lipinski definition) is 0. The average Bonchev–Trinajstić information content (AvgIpc) is 1.83. The van der Waals surface area contributed by atoms with Crippen LogP contribution in [0.3, 0.4) is 0 Å². The van der Waals surface area contributed by atoms with Gasteiger partial charge in [-0.2, -0.15) is 0 Å². The van der Waals surface area contributed by atoms with Gasteiger partial charge in [0.15, 0.2) is 0 Å². The van der Waals surface area contributed by atoms with Crippen LogP contribution in [0.15, 0.2) is 0 Å². The van der Waals surface area contributed by atoms with Gasteiger partial charge >= 0.3 is 5.97 Å². The molecule has 0 fully saturated rings. The van der Waals surface area contributed by atoms with E-state index in [2.05, 4.69) is 16.2 Å². The largest absolute Gasteiger partial charge is 0.348 e. The lowest BCUT2D eigenvalue weighted by atomic mass is 10.3. The number of rotatable bonds is 3. The molecule has 0 N–H and O–H groups in total. The first kappa shape index (κ1) is 7.43. The van der Waals surface area contributed by atoms with Gasteiger partial charge in [0, 0.05) is 6.42 Å². The molecule has 0 saturated heterocycles. The van der Waals surface area contributed by atoms with Crippen molar-refractivity contribution in [3.63, 3.8) is 0 Å². The van der Waals surface area contributed by atoms with Gasteiger partial charge in [-0.1, -0.05) is 0 Å². The first-order chi connectivity index (χ1) is 3.81. The minimum atomic E-state index is -0.571. The lowest BCUT2D eigenvalue weighted by Crippen LogP contribution is -1.95. The van der Waals surface area contributed by atoms with Crippen LogP contribution in [0.2, 0.25) is 0 Å². The lowest BCUT2D eigenvalue weighted by molar-refractivity contribution is -0.134. The third-order valence-corrected chi connectivity index (χ3v) is 0.724. The molecule has 0 unspecified atom stereocenters. The Bertz CT molecular complexity index is 91.3. The van der Waals surface area contributed by atoms with Crippen LogP contribution in [0.25, 0.3) is 0 Å². The molecule has 0 spiro atoms. The molecule has 46 valence electrons. The summed E-state index contributed by atoms with van der Waals surface area (Å²) in [7, 11) is 0. The first-order valence-electron chi connectivity index (χ1n) is 2.06. The molecular weight excluding hydrogens is 131 g/mol. The maximum absolute atomic E-state index is 10.1. The van der Waals surface area contributed by atoms with Crippen molar-refractivity contribution in [2.45, 2.75) is 12.8 Å². The van der Waals surface area contributed by atoms with Crippen molar-refractivity contribution < 1.29 is 13.9 Å². The molecule has 0 aliphatic rings. The van der Waals surface area contributed by atoms with Crippen molar-refractivity contribution in [3.05, 3.63) is 0 Å². The molecule has 0 aromatic carbocycles. The van der Waals surface area contributed by atoms with Gasteiger partial charge < -0.3 is 9.08 Å². The Labute approximate surface area is 51.7 Å². The highest BCUT2D eigenvalue weighted by molar-refractivity contribution is 6.13. The van der Waals surface area contributed by atoms with E-state index in [1.807, 2.05) is 0 Å². The maximum Gasteiger partial charge on any atom is 0.325 e. The highest BCUT2D eigenvalue weighted by Crippen LogP contribution is 1.90. The van der Waals surface area contributed by atoms with Gasteiger partial charge in [-0.15, -0.1) is 0 Å². The molecule has 0 rings (SSSR count). The second-order valence-corrected chi connectivity index (χ2v) is 1.31. The molecule has 0 radical (unpaired) electrons. The molecule has 0 saturated carbocycles. The quantitative estimate of drug-likeness (QED) is 0.536. The highest BCUT2D eigenvalue weighted by Gasteiger charge is 1.97. The second kappa shape index (κ2) is 4.59. The summed E-state index contributed by atoms with van der Waals surface area (Å²) >= 11 is 4.62. The van der Waals surface area contributed by atoms with Crippen LogP contribution in [0.1, 0.15) is 12.8 Å². The predicted molar refractivity (Wildman–Crippen MR) is 27.2 cm³/mol. The van der Waals surface area contributed by atoms with E-state index < -0.39 is 5.97 Å². The van der Waals surface area contributed by atoms with Crippen molar-refractivity contribution in [1.82, 2.24) is 0 Å². The molecule has 4 heteroatoms. The van der Waals surface area contributed by atoms with E-state index >= 15 is 0 Å². The van der Waals surface area contributed by atoms with Crippen molar-refractivity contribution in [2.24, 2.45) is 0 Å². The fourth-order valence-electron chi connectivity index (χ4n) is 0.215. The molecule has 0 aromatic rings. The van der Waals surface area contributed by atoms with E-state index in [0.29, 0.717) is 6.29 Å². The van der Waals surface area contributed by atoms with E-state index in [0.717, 1.165) is 0 Å². The lowest BCUT2D eigenvalue weighted by Gasteiger charge is -1.86. The third-order valence-electron chi connectivity index (χ3n) is 0.552. The molecule has 0 aliphatic carbocycles. The van der Waals surface area contributed by atoms with Crippen molar-refractivity contribution >= 4 is 24.1 Å². The van der Waals surface area contributed by atoms with E-state index in [9.17, 15) is 9.59 Å². The molecule has 0 amide bonds. The molecule has 0 bridgehead atoms. The summed E-state index contributed by atoms with van der Waals surface area (Å²) in [5.41, 5.74) is 0. The van der Waals surface area contributed by atoms with E-state index in [-0.39, 0.29) is 12.8 Å². The predicted octanol–water partition coefficient (Wildman–Crippen LogP) is 0.662. The molecule has 3 nitrogen and oxygen atoms in total. The topological polar surface area (TPSA) is 43.4 Å². The summed E-state index contributed by atoms with van der Waals surface area (Å²) in [6.07, 6.45) is 0.867. The minimum Gasteiger partial charge on any atom is -0.348 e. The zero-order valence-electron chi connectivity index (χ0n) is 4.09. The maximum atomic E-state index is 10.1. The number of aldehydes is 1. The Morgan fingerprint density at radius 3 is 2.75 bits per heavy atom. The van der Waals surface area contributed by atoms with Gasteiger partial charge in [0.05, 0.1) is 6.42 Å². The van der Waals surface area contributed by atoms with E-state index in [1.54, 1.807) is 0 Å². The normalized spacial score (nSPS) is 8.12. The van der Waals surface area contributed by atoms with E-state index in [4.69, 9.17) is 0 Å². The van der Waals surface area contributed by atoms with Crippen LogP contribution in [-0.4, -0.2) is 12.3 Å². The van der Waals surface area contributed by atoms with Crippen LogP contribution < -0.4 is 0 Å². The Morgan fingerprint density at radius 2 is 2.38 bits per heavy atom. The van der Waals surface area contributed by atoms with Gasteiger partial charge in [-0.05, 0) is 0 Å². The molecule has 0 aromatic heterocycles. The van der Waals surface area contributed by atoms with Crippen LogP contribution in [0.4, 0.5) is 0 Å². The fraction of sp³-hybridized carbons (Fsp3) is 0.500. The van der Waals surface area contributed by atoms with Crippen molar-refractivity contribution in [3.8, 4) is 0 Å². The van der Waals surface area contributed by atoms with Crippen LogP contribution >= 0.6 is 11.9 Å². The fourth-order valence-corrected chi connectivity index (χ4v) is 0.293. The van der Waals surface area contributed by atoms with Gasteiger partial charge in [0.25, 0.3) is 0 Å². The first-order valence-corrected chi connectivity index (χ1v) is 2.37. The third kappa shape index (κ3) is 3.61. The highest BCUT2D eigenvalue weighted by atomic mass is 35.5.